The summed E-state index contributed by atoms with van der Waals surface area (Å²) < 4.78 is 10.7. The average Bonchev–Trinajstić information content (AvgIpc) is 2.51. The van der Waals surface area contributed by atoms with Gasteiger partial charge in [-0.3, -0.25) is 4.79 Å². The van der Waals surface area contributed by atoms with Crippen molar-refractivity contribution < 1.29 is 14.3 Å². The Labute approximate surface area is 131 Å². The van der Waals surface area contributed by atoms with Gasteiger partial charge in [-0.05, 0) is 25.3 Å². The fourth-order valence-electron chi connectivity index (χ4n) is 2.11. The van der Waals surface area contributed by atoms with Crippen LogP contribution in [0.15, 0.2) is 11.8 Å². The van der Waals surface area contributed by atoms with Crippen LogP contribution in [0.25, 0.3) is 0 Å². The second-order valence-corrected chi connectivity index (χ2v) is 5.51. The van der Waals surface area contributed by atoms with Gasteiger partial charge in [0, 0.05) is 0 Å². The summed E-state index contributed by atoms with van der Waals surface area (Å²) in [5.41, 5.74) is 0. The molecule has 0 aromatic rings. The maximum atomic E-state index is 10.9. The summed E-state index contributed by atoms with van der Waals surface area (Å²) in [5.74, 6) is 0.413. The van der Waals surface area contributed by atoms with E-state index in [9.17, 15) is 4.79 Å². The van der Waals surface area contributed by atoms with Gasteiger partial charge in [0.1, 0.15) is 0 Å². The molecule has 0 aliphatic heterocycles. The third kappa shape index (κ3) is 15.4. The molecule has 21 heavy (non-hydrogen) atoms. The first kappa shape index (κ1) is 20.2. The van der Waals surface area contributed by atoms with E-state index >= 15 is 0 Å². The van der Waals surface area contributed by atoms with Crippen LogP contribution in [0.2, 0.25) is 0 Å². The summed E-state index contributed by atoms with van der Waals surface area (Å²) in [6, 6.07) is 0. The molecule has 0 fully saturated rings. The number of carbonyl (C=O) groups is 1. The summed E-state index contributed by atoms with van der Waals surface area (Å²) in [6.07, 6.45) is 15.9. The van der Waals surface area contributed by atoms with Crippen LogP contribution in [0.1, 0.15) is 84.5 Å². The van der Waals surface area contributed by atoms with Gasteiger partial charge in [-0.1, -0.05) is 65.2 Å². The molecule has 0 bridgehead atoms. The minimum Gasteiger partial charge on any atom is -0.464 e. The van der Waals surface area contributed by atoms with Crippen molar-refractivity contribution in [1.82, 2.24) is 0 Å². The summed E-state index contributed by atoms with van der Waals surface area (Å²) in [5, 5.41) is 0. The van der Waals surface area contributed by atoms with E-state index in [-0.39, 0.29) is 6.79 Å². The lowest BCUT2D eigenvalue weighted by Crippen LogP contribution is -2.02. The second kappa shape index (κ2) is 17.2. The molecule has 0 saturated carbocycles. The molecule has 0 N–H and O–H groups in total. The highest BCUT2D eigenvalue weighted by atomic mass is 16.7. The molecule has 0 radical (unpaired) electrons. The van der Waals surface area contributed by atoms with E-state index in [4.69, 9.17) is 9.47 Å². The Morgan fingerprint density at radius 3 is 2.10 bits per heavy atom. The second-order valence-electron chi connectivity index (χ2n) is 5.51. The Bertz CT molecular complexity index is 249. The van der Waals surface area contributed by atoms with Gasteiger partial charge in [-0.2, -0.15) is 0 Å². The van der Waals surface area contributed by atoms with E-state index in [0.717, 1.165) is 25.5 Å². The van der Waals surface area contributed by atoms with Crippen molar-refractivity contribution in [2.45, 2.75) is 84.5 Å². The van der Waals surface area contributed by atoms with Crippen LogP contribution in [0.5, 0.6) is 0 Å². The zero-order chi connectivity index (χ0) is 15.6. The highest BCUT2D eigenvalue weighted by Gasteiger charge is 1.97. The predicted octanol–water partition coefficient (Wildman–Crippen LogP) is 5.39. The van der Waals surface area contributed by atoms with Crippen LogP contribution < -0.4 is 0 Å². The van der Waals surface area contributed by atoms with Gasteiger partial charge in [0.05, 0.1) is 6.61 Å². The van der Waals surface area contributed by atoms with Crippen molar-refractivity contribution in [2.24, 2.45) is 0 Å². The van der Waals surface area contributed by atoms with Gasteiger partial charge in [0.25, 0.3) is 0 Å². The number of hydrogen-bond acceptors (Lipinski definition) is 3. The highest BCUT2D eigenvalue weighted by Crippen LogP contribution is 2.07. The number of ether oxygens (including phenoxy) is 2. The molecule has 0 aromatic carbocycles. The van der Waals surface area contributed by atoms with Crippen molar-refractivity contribution in [3.63, 3.8) is 0 Å². The maximum Gasteiger partial charge on any atom is 0.189 e. The molecule has 0 amide bonds. The van der Waals surface area contributed by atoms with Crippen LogP contribution in [0.4, 0.5) is 0 Å². The first-order chi connectivity index (χ1) is 10.3. The largest absolute Gasteiger partial charge is 0.464 e. The van der Waals surface area contributed by atoms with Gasteiger partial charge in [-0.15, -0.1) is 0 Å². The number of unbranched alkanes of at least 4 members (excludes halogenated alkanes) is 9. The Morgan fingerprint density at radius 1 is 0.857 bits per heavy atom. The molecule has 3 heteroatoms. The minimum atomic E-state index is 0.189. The van der Waals surface area contributed by atoms with Gasteiger partial charge in [0.15, 0.2) is 18.8 Å². The third-order valence-electron chi connectivity index (χ3n) is 3.47. The van der Waals surface area contributed by atoms with Gasteiger partial charge in [-0.25, -0.2) is 0 Å². The molecule has 0 atom stereocenters. The highest BCUT2D eigenvalue weighted by molar-refractivity contribution is 5.69. The van der Waals surface area contributed by atoms with E-state index in [2.05, 4.69) is 13.8 Å². The fraction of sp³-hybridized carbons (Fsp3) is 0.833. The molecule has 0 aliphatic carbocycles. The molecular formula is C18H34O3. The molecule has 0 rings (SSSR count). The molecule has 0 aliphatic rings. The predicted molar refractivity (Wildman–Crippen MR) is 88.2 cm³/mol. The minimum absolute atomic E-state index is 0.189. The van der Waals surface area contributed by atoms with Crippen LogP contribution in [-0.2, 0) is 14.3 Å². The summed E-state index contributed by atoms with van der Waals surface area (Å²) in [4.78, 5) is 10.9. The molecule has 0 heterocycles. The lowest BCUT2D eigenvalue weighted by atomic mass is 10.1. The topological polar surface area (TPSA) is 35.5 Å². The van der Waals surface area contributed by atoms with Crippen LogP contribution in [0.3, 0.4) is 0 Å². The average molecular weight is 298 g/mol. The normalized spacial score (nSPS) is 11.6. The molecule has 124 valence electrons. The number of carbonyl (C=O) groups excluding carboxylic acids is 1. The Morgan fingerprint density at radius 2 is 1.48 bits per heavy atom. The van der Waals surface area contributed by atoms with Crippen molar-refractivity contribution >= 4 is 6.29 Å². The zero-order valence-electron chi connectivity index (χ0n) is 14.1. The summed E-state index contributed by atoms with van der Waals surface area (Å²) in [7, 11) is 0. The molecular weight excluding hydrogens is 264 g/mol. The van der Waals surface area contributed by atoms with E-state index in [1.165, 1.54) is 51.4 Å². The Hall–Kier alpha value is -0.830. The molecule has 0 saturated heterocycles. The zero-order valence-corrected chi connectivity index (χ0v) is 14.1. The summed E-state index contributed by atoms with van der Waals surface area (Å²) in [6.45, 7) is 5.32. The van der Waals surface area contributed by atoms with Gasteiger partial charge >= 0.3 is 0 Å². The quantitative estimate of drug-likeness (QED) is 0.126. The first-order valence-corrected chi connectivity index (χ1v) is 8.71. The van der Waals surface area contributed by atoms with Crippen LogP contribution >= 0.6 is 0 Å². The van der Waals surface area contributed by atoms with E-state index in [1.54, 1.807) is 0 Å². The van der Waals surface area contributed by atoms with Gasteiger partial charge in [0.2, 0.25) is 0 Å². The smallest absolute Gasteiger partial charge is 0.189 e. The molecule has 0 aromatic heterocycles. The van der Waals surface area contributed by atoms with Crippen molar-refractivity contribution in [3.05, 3.63) is 11.8 Å². The number of aldehydes is 1. The first-order valence-electron chi connectivity index (χ1n) is 8.71. The van der Waals surface area contributed by atoms with Gasteiger partial charge < -0.3 is 9.47 Å². The van der Waals surface area contributed by atoms with Crippen molar-refractivity contribution in [2.75, 3.05) is 13.4 Å². The molecule has 0 unspecified atom stereocenters. The molecule has 0 spiro atoms. The summed E-state index contributed by atoms with van der Waals surface area (Å²) >= 11 is 0. The standard InChI is InChI=1S/C18H34O3/c1-3-5-7-9-10-12-14-18(16-19)21-17-20-15-13-11-8-6-4-2/h14,16H,3-13,15,17H2,1-2H3. The lowest BCUT2D eigenvalue weighted by molar-refractivity contribution is -0.111. The third-order valence-corrected chi connectivity index (χ3v) is 3.47. The van der Waals surface area contributed by atoms with Crippen molar-refractivity contribution in [3.8, 4) is 0 Å². The number of hydrogen-bond donors (Lipinski definition) is 0. The monoisotopic (exact) mass is 298 g/mol. The maximum absolute atomic E-state index is 10.9. The Balaban J connectivity index is 3.45. The van der Waals surface area contributed by atoms with Crippen molar-refractivity contribution in [1.29, 1.82) is 0 Å². The van der Waals surface area contributed by atoms with Crippen LogP contribution in [-0.4, -0.2) is 19.7 Å². The van der Waals surface area contributed by atoms with E-state index in [1.807, 2.05) is 6.08 Å². The molecule has 3 nitrogen and oxygen atoms in total. The number of rotatable bonds is 16. The number of allylic oxidation sites excluding steroid dienone is 2. The fourth-order valence-corrected chi connectivity index (χ4v) is 2.11. The SMILES string of the molecule is CCCCCCCC=C(C=O)OCOCCCCCCC. The van der Waals surface area contributed by atoms with E-state index < -0.39 is 0 Å². The van der Waals surface area contributed by atoms with E-state index in [0.29, 0.717) is 12.4 Å². The van der Waals surface area contributed by atoms with Crippen LogP contribution in [0, 0.1) is 0 Å². The Kier molecular flexibility index (Phi) is 16.5. The lowest BCUT2D eigenvalue weighted by Gasteiger charge is -2.07.